The van der Waals surface area contributed by atoms with E-state index in [4.69, 9.17) is 9.84 Å². The number of benzene rings is 1. The van der Waals surface area contributed by atoms with Gasteiger partial charge in [0.05, 0.1) is 19.3 Å². The minimum Gasteiger partial charge on any atom is -0.497 e. The Labute approximate surface area is 115 Å². The molecule has 0 heterocycles. The van der Waals surface area contributed by atoms with Crippen LogP contribution in [0.2, 0.25) is 0 Å². The van der Waals surface area contributed by atoms with Crippen molar-refractivity contribution in [3.05, 3.63) is 28.2 Å². The molecule has 1 N–H and O–H groups in total. The third-order valence-electron chi connectivity index (χ3n) is 2.99. The fraction of sp³-hybridized carbons (Fsp3) is 0.462. The van der Waals surface area contributed by atoms with Crippen LogP contribution in [0.15, 0.2) is 22.7 Å². The molecule has 0 aliphatic heterocycles. The smallest absolute Gasteiger partial charge is 0.255 e. The van der Waals surface area contributed by atoms with Crippen LogP contribution < -0.4 is 4.74 Å². The van der Waals surface area contributed by atoms with Gasteiger partial charge in [-0.2, -0.15) is 0 Å². The van der Waals surface area contributed by atoms with E-state index in [9.17, 15) is 4.79 Å². The molecular formula is C13H16BrNO3. The summed E-state index contributed by atoms with van der Waals surface area (Å²) >= 11 is 3.38. The number of aliphatic hydroxyl groups is 1. The fourth-order valence-electron chi connectivity index (χ4n) is 1.89. The third kappa shape index (κ3) is 2.84. The monoisotopic (exact) mass is 313 g/mol. The average Bonchev–Trinajstić information content (AvgIpc) is 3.20. The molecule has 18 heavy (non-hydrogen) atoms. The number of ether oxygens (including phenoxy) is 1. The lowest BCUT2D eigenvalue weighted by Gasteiger charge is -2.22. The minimum atomic E-state index is -0.0580. The van der Waals surface area contributed by atoms with Crippen LogP contribution in [0, 0.1) is 0 Å². The average molecular weight is 314 g/mol. The lowest BCUT2D eigenvalue weighted by Crippen LogP contribution is -2.35. The standard InChI is InChI=1S/C13H16BrNO3/c1-18-10-4-5-12(14)11(8-10)13(17)15(6-7-16)9-2-3-9/h4-5,8-9,16H,2-3,6-7H2,1H3. The minimum absolute atomic E-state index is 0.0101. The molecule has 0 bridgehead atoms. The number of methoxy groups -OCH3 is 1. The zero-order valence-corrected chi connectivity index (χ0v) is 11.8. The molecule has 98 valence electrons. The van der Waals surface area contributed by atoms with Crippen LogP contribution in [0.5, 0.6) is 5.75 Å². The Hall–Kier alpha value is -1.07. The van der Waals surface area contributed by atoms with Crippen molar-refractivity contribution in [2.45, 2.75) is 18.9 Å². The molecule has 0 saturated heterocycles. The number of aliphatic hydroxyl groups excluding tert-OH is 1. The Kier molecular flexibility index (Phi) is 4.24. The first kappa shape index (κ1) is 13.4. The van der Waals surface area contributed by atoms with E-state index in [0.29, 0.717) is 17.9 Å². The van der Waals surface area contributed by atoms with Gasteiger partial charge in [-0.05, 0) is 47.0 Å². The van der Waals surface area contributed by atoms with Crippen LogP contribution in [0.25, 0.3) is 0 Å². The van der Waals surface area contributed by atoms with E-state index in [1.165, 1.54) is 0 Å². The summed E-state index contributed by atoms with van der Waals surface area (Å²) < 4.78 is 5.88. The number of amides is 1. The van der Waals surface area contributed by atoms with E-state index < -0.39 is 0 Å². The van der Waals surface area contributed by atoms with Gasteiger partial charge in [0, 0.05) is 17.1 Å². The molecule has 2 rings (SSSR count). The molecule has 1 aromatic carbocycles. The Morgan fingerprint density at radius 2 is 2.28 bits per heavy atom. The van der Waals surface area contributed by atoms with Crippen molar-refractivity contribution >= 4 is 21.8 Å². The fourth-order valence-corrected chi connectivity index (χ4v) is 2.31. The van der Waals surface area contributed by atoms with E-state index in [0.717, 1.165) is 17.3 Å². The van der Waals surface area contributed by atoms with Crippen LogP contribution in [-0.2, 0) is 0 Å². The largest absolute Gasteiger partial charge is 0.497 e. The van der Waals surface area contributed by atoms with Crippen LogP contribution >= 0.6 is 15.9 Å². The Morgan fingerprint density at radius 1 is 1.56 bits per heavy atom. The van der Waals surface area contributed by atoms with Crippen molar-refractivity contribution < 1.29 is 14.6 Å². The van der Waals surface area contributed by atoms with E-state index in [-0.39, 0.29) is 18.6 Å². The molecule has 1 saturated carbocycles. The SMILES string of the molecule is COc1ccc(Br)c(C(=O)N(CCO)C2CC2)c1. The summed E-state index contributed by atoms with van der Waals surface area (Å²) in [7, 11) is 1.57. The molecule has 0 unspecified atom stereocenters. The number of hydrogen-bond acceptors (Lipinski definition) is 3. The van der Waals surface area contributed by atoms with Gasteiger partial charge in [-0.15, -0.1) is 0 Å². The van der Waals surface area contributed by atoms with Crippen LogP contribution in [0.3, 0.4) is 0 Å². The predicted octanol–water partition coefficient (Wildman–Crippen LogP) is 2.05. The van der Waals surface area contributed by atoms with E-state index >= 15 is 0 Å². The van der Waals surface area contributed by atoms with Crippen molar-refractivity contribution in [3.63, 3.8) is 0 Å². The van der Waals surface area contributed by atoms with Crippen LogP contribution in [0.1, 0.15) is 23.2 Å². The second-order valence-corrected chi connectivity index (χ2v) is 5.15. The molecule has 5 heteroatoms. The van der Waals surface area contributed by atoms with Gasteiger partial charge in [-0.1, -0.05) is 0 Å². The second kappa shape index (κ2) is 5.71. The third-order valence-corrected chi connectivity index (χ3v) is 3.68. The summed E-state index contributed by atoms with van der Waals surface area (Å²) in [5, 5.41) is 9.05. The van der Waals surface area contributed by atoms with Crippen LogP contribution in [-0.4, -0.2) is 42.2 Å². The van der Waals surface area contributed by atoms with Gasteiger partial charge in [-0.3, -0.25) is 4.79 Å². The predicted molar refractivity (Wildman–Crippen MR) is 71.8 cm³/mol. The van der Waals surface area contributed by atoms with E-state index in [1.54, 1.807) is 30.2 Å². The highest BCUT2D eigenvalue weighted by Gasteiger charge is 2.33. The number of carbonyl (C=O) groups is 1. The van der Waals surface area contributed by atoms with Crippen molar-refractivity contribution in [1.29, 1.82) is 0 Å². The molecule has 1 aromatic rings. The quantitative estimate of drug-likeness (QED) is 0.905. The lowest BCUT2D eigenvalue weighted by atomic mass is 10.2. The molecule has 1 amide bonds. The first-order chi connectivity index (χ1) is 8.67. The molecule has 1 aliphatic carbocycles. The zero-order chi connectivity index (χ0) is 13.1. The zero-order valence-electron chi connectivity index (χ0n) is 10.2. The van der Waals surface area contributed by atoms with E-state index in [1.807, 2.05) is 0 Å². The highest BCUT2D eigenvalue weighted by Crippen LogP contribution is 2.30. The van der Waals surface area contributed by atoms with Crippen molar-refractivity contribution in [1.82, 2.24) is 4.90 Å². The highest BCUT2D eigenvalue weighted by atomic mass is 79.9. The van der Waals surface area contributed by atoms with Gasteiger partial charge in [0.15, 0.2) is 0 Å². The highest BCUT2D eigenvalue weighted by molar-refractivity contribution is 9.10. The van der Waals surface area contributed by atoms with Gasteiger partial charge >= 0.3 is 0 Å². The van der Waals surface area contributed by atoms with Gasteiger partial charge in [-0.25, -0.2) is 0 Å². The Bertz CT molecular complexity index is 446. The number of nitrogens with zero attached hydrogens (tertiary/aromatic N) is 1. The van der Waals surface area contributed by atoms with Crippen molar-refractivity contribution in [3.8, 4) is 5.75 Å². The Morgan fingerprint density at radius 3 is 2.83 bits per heavy atom. The lowest BCUT2D eigenvalue weighted by molar-refractivity contribution is 0.0706. The van der Waals surface area contributed by atoms with Crippen LogP contribution in [0.4, 0.5) is 0 Å². The molecule has 4 nitrogen and oxygen atoms in total. The number of hydrogen-bond donors (Lipinski definition) is 1. The molecule has 0 aromatic heterocycles. The number of rotatable bonds is 5. The first-order valence-electron chi connectivity index (χ1n) is 5.92. The van der Waals surface area contributed by atoms with E-state index in [2.05, 4.69) is 15.9 Å². The van der Waals surface area contributed by atoms with Crippen molar-refractivity contribution in [2.24, 2.45) is 0 Å². The topological polar surface area (TPSA) is 49.8 Å². The summed E-state index contributed by atoms with van der Waals surface area (Å²) in [6.45, 7) is 0.372. The van der Waals surface area contributed by atoms with Gasteiger partial charge in [0.2, 0.25) is 0 Å². The summed E-state index contributed by atoms with van der Waals surface area (Å²) in [4.78, 5) is 14.2. The molecule has 1 fully saturated rings. The summed E-state index contributed by atoms with van der Waals surface area (Å²) in [5.41, 5.74) is 0.578. The first-order valence-corrected chi connectivity index (χ1v) is 6.72. The maximum Gasteiger partial charge on any atom is 0.255 e. The maximum atomic E-state index is 12.4. The van der Waals surface area contributed by atoms with Gasteiger partial charge < -0.3 is 14.7 Å². The van der Waals surface area contributed by atoms with Gasteiger partial charge in [0.1, 0.15) is 5.75 Å². The molecule has 0 atom stereocenters. The summed E-state index contributed by atoms with van der Waals surface area (Å²) in [5.74, 6) is 0.596. The summed E-state index contributed by atoms with van der Waals surface area (Å²) in [6, 6.07) is 5.60. The van der Waals surface area contributed by atoms with Gasteiger partial charge in [0.25, 0.3) is 5.91 Å². The number of halogens is 1. The normalized spacial score (nSPS) is 14.4. The Balaban J connectivity index is 2.25. The molecule has 0 radical (unpaired) electrons. The van der Waals surface area contributed by atoms with Crippen molar-refractivity contribution in [2.75, 3.05) is 20.3 Å². The summed E-state index contributed by atoms with van der Waals surface area (Å²) in [6.07, 6.45) is 2.04. The molecule has 0 spiro atoms. The second-order valence-electron chi connectivity index (χ2n) is 4.30. The molecular weight excluding hydrogens is 298 g/mol. The number of carbonyl (C=O) groups excluding carboxylic acids is 1. The molecule has 1 aliphatic rings. The maximum absolute atomic E-state index is 12.4.